The summed E-state index contributed by atoms with van der Waals surface area (Å²) in [6.07, 6.45) is 3.44. The predicted molar refractivity (Wildman–Crippen MR) is 104 cm³/mol. The largest absolute Gasteiger partial charge is 0.481 e. The molecule has 1 aliphatic rings. The van der Waals surface area contributed by atoms with Gasteiger partial charge in [-0.25, -0.2) is 13.2 Å². The Kier molecular flexibility index (Phi) is 6.51. The molecule has 27 heavy (non-hydrogen) atoms. The maximum Gasteiger partial charge on any atom is 0.319 e. The van der Waals surface area contributed by atoms with Crippen LogP contribution in [0.4, 0.5) is 10.5 Å². The first-order valence-corrected chi connectivity index (χ1v) is 10.7. The summed E-state index contributed by atoms with van der Waals surface area (Å²) in [5.74, 6) is -0.925. The summed E-state index contributed by atoms with van der Waals surface area (Å²) in [5, 5.41) is 13.8. The molecule has 2 amide bonds. The van der Waals surface area contributed by atoms with Crippen LogP contribution in [0.1, 0.15) is 57.9 Å². The molecule has 0 unspecified atom stereocenters. The Hall–Kier alpha value is -2.09. The van der Waals surface area contributed by atoms with Gasteiger partial charge >= 0.3 is 12.0 Å². The number of nitrogens with one attached hydrogen (secondary N) is 2. The third kappa shape index (κ3) is 5.69. The second-order valence-corrected chi connectivity index (χ2v) is 9.99. The molecule has 1 fully saturated rings. The van der Waals surface area contributed by atoms with Crippen LogP contribution in [0.3, 0.4) is 0 Å². The zero-order chi connectivity index (χ0) is 20.2. The first-order valence-electron chi connectivity index (χ1n) is 9.17. The van der Waals surface area contributed by atoms with Crippen molar-refractivity contribution in [3.05, 3.63) is 23.8 Å². The Balaban J connectivity index is 2.11. The van der Waals surface area contributed by atoms with Gasteiger partial charge in [-0.1, -0.05) is 18.9 Å². The van der Waals surface area contributed by atoms with Crippen LogP contribution in [0.15, 0.2) is 23.1 Å². The topological polar surface area (TPSA) is 113 Å². The van der Waals surface area contributed by atoms with Gasteiger partial charge in [0.25, 0.3) is 0 Å². The molecule has 0 bridgehead atoms. The van der Waals surface area contributed by atoms with Crippen molar-refractivity contribution in [2.75, 3.05) is 5.32 Å². The molecule has 0 aliphatic heterocycles. The minimum atomic E-state index is -3.42. The van der Waals surface area contributed by atoms with E-state index >= 15 is 0 Å². The highest BCUT2D eigenvalue weighted by atomic mass is 32.2. The van der Waals surface area contributed by atoms with Gasteiger partial charge in [-0.05, 0) is 57.7 Å². The first-order chi connectivity index (χ1) is 12.5. The fourth-order valence-electron chi connectivity index (χ4n) is 3.31. The Morgan fingerprint density at radius 2 is 1.85 bits per heavy atom. The minimum absolute atomic E-state index is 0.0540. The van der Waals surface area contributed by atoms with Crippen molar-refractivity contribution in [2.24, 2.45) is 0 Å². The van der Waals surface area contributed by atoms with Gasteiger partial charge in [-0.3, -0.25) is 4.79 Å². The molecule has 8 heteroatoms. The van der Waals surface area contributed by atoms with E-state index in [0.29, 0.717) is 24.1 Å². The molecule has 1 aromatic carbocycles. The average molecular weight is 397 g/mol. The minimum Gasteiger partial charge on any atom is -0.481 e. The number of carboxylic acids is 1. The van der Waals surface area contributed by atoms with Crippen molar-refractivity contribution in [3.8, 4) is 0 Å². The molecule has 0 atom stereocenters. The second kappa shape index (κ2) is 8.29. The number of rotatable bonds is 7. The number of hydrogen-bond donors (Lipinski definition) is 3. The SMILES string of the molecule is Cc1ccc(NC(=O)NC(C)(C)CCC(=O)O)cc1S(=O)(=O)C1CCCC1. The molecule has 0 aromatic heterocycles. The van der Waals surface area contributed by atoms with Crippen molar-refractivity contribution in [1.29, 1.82) is 0 Å². The van der Waals surface area contributed by atoms with Crippen LogP contribution in [0.25, 0.3) is 0 Å². The van der Waals surface area contributed by atoms with Crippen LogP contribution in [0.5, 0.6) is 0 Å². The van der Waals surface area contributed by atoms with Gasteiger partial charge in [-0.15, -0.1) is 0 Å². The van der Waals surface area contributed by atoms with E-state index in [0.717, 1.165) is 12.8 Å². The summed E-state index contributed by atoms with van der Waals surface area (Å²) in [7, 11) is -3.42. The molecule has 0 heterocycles. The van der Waals surface area contributed by atoms with E-state index in [2.05, 4.69) is 10.6 Å². The summed E-state index contributed by atoms with van der Waals surface area (Å²) >= 11 is 0. The van der Waals surface area contributed by atoms with Crippen molar-refractivity contribution in [2.45, 2.75) is 75.0 Å². The summed E-state index contributed by atoms with van der Waals surface area (Å²) in [6, 6.07) is 4.35. The summed E-state index contributed by atoms with van der Waals surface area (Å²) < 4.78 is 25.8. The van der Waals surface area contributed by atoms with Crippen LogP contribution in [0.2, 0.25) is 0 Å². The van der Waals surface area contributed by atoms with Crippen LogP contribution in [-0.2, 0) is 14.6 Å². The van der Waals surface area contributed by atoms with E-state index in [4.69, 9.17) is 5.11 Å². The molecule has 150 valence electrons. The number of sulfone groups is 1. The average Bonchev–Trinajstić information content (AvgIpc) is 3.09. The smallest absolute Gasteiger partial charge is 0.319 e. The number of amides is 2. The highest BCUT2D eigenvalue weighted by Gasteiger charge is 2.31. The van der Waals surface area contributed by atoms with Gasteiger partial charge in [0.05, 0.1) is 10.1 Å². The third-order valence-corrected chi connectivity index (χ3v) is 7.31. The van der Waals surface area contributed by atoms with Gasteiger partial charge < -0.3 is 15.7 Å². The number of aryl methyl sites for hydroxylation is 1. The molecule has 0 saturated heterocycles. The van der Waals surface area contributed by atoms with E-state index in [9.17, 15) is 18.0 Å². The number of aliphatic carboxylic acids is 1. The number of urea groups is 1. The highest BCUT2D eigenvalue weighted by molar-refractivity contribution is 7.92. The van der Waals surface area contributed by atoms with Crippen molar-refractivity contribution < 1.29 is 23.1 Å². The fraction of sp³-hybridized carbons (Fsp3) is 0.579. The maximum atomic E-state index is 12.9. The lowest BCUT2D eigenvalue weighted by atomic mass is 9.99. The fourth-order valence-corrected chi connectivity index (χ4v) is 5.44. The highest BCUT2D eigenvalue weighted by Crippen LogP contribution is 2.32. The molecule has 1 saturated carbocycles. The molecule has 3 N–H and O–H groups in total. The quantitative estimate of drug-likeness (QED) is 0.653. The predicted octanol–water partition coefficient (Wildman–Crippen LogP) is 3.48. The standard InChI is InChI=1S/C19H28N2O5S/c1-13-8-9-14(12-16(13)27(25,26)15-6-4-5-7-15)20-18(24)21-19(2,3)11-10-17(22)23/h8-9,12,15H,4-7,10-11H2,1-3H3,(H,22,23)(H2,20,21,24). The Morgan fingerprint density at radius 3 is 2.44 bits per heavy atom. The molecule has 1 aliphatic carbocycles. The van der Waals surface area contributed by atoms with Gasteiger partial charge in [-0.2, -0.15) is 0 Å². The molecule has 0 radical (unpaired) electrons. The van der Waals surface area contributed by atoms with E-state index in [1.165, 1.54) is 6.07 Å². The van der Waals surface area contributed by atoms with Gasteiger partial charge in [0.2, 0.25) is 0 Å². The number of carbonyl (C=O) groups excluding carboxylic acids is 1. The van der Waals surface area contributed by atoms with Crippen LogP contribution in [0, 0.1) is 6.92 Å². The van der Waals surface area contributed by atoms with Gasteiger partial charge in [0.15, 0.2) is 9.84 Å². The van der Waals surface area contributed by atoms with E-state index in [1.807, 2.05) is 0 Å². The number of hydrogen-bond acceptors (Lipinski definition) is 4. The van der Waals surface area contributed by atoms with Gasteiger partial charge in [0, 0.05) is 17.6 Å². The number of benzene rings is 1. The van der Waals surface area contributed by atoms with E-state index in [1.54, 1.807) is 32.9 Å². The normalized spacial score (nSPS) is 15.5. The number of carbonyl (C=O) groups is 2. The lowest BCUT2D eigenvalue weighted by Crippen LogP contribution is -2.45. The maximum absolute atomic E-state index is 12.9. The Bertz CT molecular complexity index is 811. The van der Waals surface area contributed by atoms with Crippen LogP contribution >= 0.6 is 0 Å². The zero-order valence-corrected chi connectivity index (χ0v) is 16.9. The summed E-state index contributed by atoms with van der Waals surface area (Å²) in [6.45, 7) is 5.22. The van der Waals surface area contributed by atoms with Crippen molar-refractivity contribution >= 4 is 27.5 Å². The first kappa shape index (κ1) is 21.2. The van der Waals surface area contributed by atoms with Crippen molar-refractivity contribution in [1.82, 2.24) is 5.32 Å². The van der Waals surface area contributed by atoms with Crippen LogP contribution in [-0.4, -0.2) is 36.3 Å². The molecule has 1 aromatic rings. The van der Waals surface area contributed by atoms with E-state index < -0.39 is 27.4 Å². The molecular weight excluding hydrogens is 368 g/mol. The number of carboxylic acid groups (broad SMARTS) is 1. The zero-order valence-electron chi connectivity index (χ0n) is 16.0. The Morgan fingerprint density at radius 1 is 1.22 bits per heavy atom. The molecule has 0 spiro atoms. The summed E-state index contributed by atoms with van der Waals surface area (Å²) in [5.41, 5.74) is 0.352. The summed E-state index contributed by atoms with van der Waals surface area (Å²) in [4.78, 5) is 23.2. The second-order valence-electron chi connectivity index (χ2n) is 7.79. The number of anilines is 1. The Labute approximate surface area is 160 Å². The lowest BCUT2D eigenvalue weighted by molar-refractivity contribution is -0.137. The van der Waals surface area contributed by atoms with Crippen LogP contribution < -0.4 is 10.6 Å². The lowest BCUT2D eigenvalue weighted by Gasteiger charge is -2.25. The van der Waals surface area contributed by atoms with Gasteiger partial charge in [0.1, 0.15) is 0 Å². The van der Waals surface area contributed by atoms with Crippen molar-refractivity contribution in [3.63, 3.8) is 0 Å². The third-order valence-electron chi connectivity index (χ3n) is 4.91. The molecular formula is C19H28N2O5S. The van der Waals surface area contributed by atoms with E-state index in [-0.39, 0.29) is 23.0 Å². The monoisotopic (exact) mass is 396 g/mol. The molecule has 2 rings (SSSR count). The molecule has 7 nitrogen and oxygen atoms in total.